The summed E-state index contributed by atoms with van der Waals surface area (Å²) in [5.41, 5.74) is 2.40. The molecule has 0 heterocycles. The molecule has 2 nitrogen and oxygen atoms in total. The summed E-state index contributed by atoms with van der Waals surface area (Å²) in [6, 6.07) is 42.6. The molecule has 1 N–H and O–H groups in total. The van der Waals surface area contributed by atoms with Gasteiger partial charge in [-0.3, -0.25) is 0 Å². The summed E-state index contributed by atoms with van der Waals surface area (Å²) in [6.45, 7) is 0.855. The third kappa shape index (κ3) is 6.05. The summed E-state index contributed by atoms with van der Waals surface area (Å²) in [6.07, 6.45) is 8.57. The zero-order valence-electron chi connectivity index (χ0n) is 19.7. The normalized spacial score (nSPS) is 14.9. The highest BCUT2D eigenvalue weighted by molar-refractivity contribution is 7.68. The fourth-order valence-electron chi connectivity index (χ4n) is 4.41. The zero-order chi connectivity index (χ0) is 23.7. The second-order valence-corrected chi connectivity index (χ2v) is 10.5. The number of rotatable bonds is 10. The molecule has 0 saturated heterocycles. The van der Waals surface area contributed by atoms with E-state index in [4.69, 9.17) is 4.52 Å². The topological polar surface area (TPSA) is 21.3 Å². The van der Waals surface area contributed by atoms with Crippen LogP contribution in [0.1, 0.15) is 23.3 Å². The van der Waals surface area contributed by atoms with Crippen LogP contribution in [0.15, 0.2) is 146 Å². The third-order valence-corrected chi connectivity index (χ3v) is 8.16. The minimum Gasteiger partial charge on any atom is -0.340 e. The molecule has 0 fully saturated rings. The monoisotopic (exact) mass is 475 g/mol. The molecule has 0 amide bonds. The fourth-order valence-corrected chi connectivity index (χ4v) is 6.30. The van der Waals surface area contributed by atoms with Crippen LogP contribution >= 0.6 is 8.15 Å². The van der Waals surface area contributed by atoms with Crippen LogP contribution in [0.25, 0.3) is 0 Å². The van der Waals surface area contributed by atoms with Crippen molar-refractivity contribution >= 4 is 18.8 Å². The maximum atomic E-state index is 7.21. The third-order valence-electron chi connectivity index (χ3n) is 6.19. The Kier molecular flexibility index (Phi) is 7.98. The lowest BCUT2D eigenvalue weighted by atomic mass is 9.95. The Morgan fingerprint density at radius 1 is 0.600 bits per heavy atom. The van der Waals surface area contributed by atoms with E-state index in [1.807, 2.05) is 0 Å². The molecule has 0 unspecified atom stereocenters. The molecule has 5 rings (SSSR count). The number of nitrogens with one attached hydrogen (secondary N) is 1. The van der Waals surface area contributed by atoms with Crippen molar-refractivity contribution in [3.63, 3.8) is 0 Å². The van der Waals surface area contributed by atoms with E-state index in [-0.39, 0.29) is 12.1 Å². The molecule has 4 aromatic carbocycles. The number of allylic oxidation sites excluding steroid dienone is 2. The highest BCUT2D eigenvalue weighted by Crippen LogP contribution is 2.45. The van der Waals surface area contributed by atoms with E-state index in [0.717, 1.165) is 6.54 Å². The van der Waals surface area contributed by atoms with Crippen LogP contribution in [0.5, 0.6) is 0 Å². The molecular weight excluding hydrogens is 445 g/mol. The Bertz CT molecular complexity index is 1170. The summed E-state index contributed by atoms with van der Waals surface area (Å²) in [7, 11) is -1.03. The van der Waals surface area contributed by atoms with Crippen molar-refractivity contribution in [3.05, 3.63) is 157 Å². The lowest BCUT2D eigenvalue weighted by molar-refractivity contribution is 0.176. The van der Waals surface area contributed by atoms with Crippen molar-refractivity contribution in [3.8, 4) is 0 Å². The maximum Gasteiger partial charge on any atom is 0.107 e. The van der Waals surface area contributed by atoms with E-state index in [1.54, 1.807) is 0 Å². The lowest BCUT2D eigenvalue weighted by Gasteiger charge is -2.33. The van der Waals surface area contributed by atoms with E-state index >= 15 is 0 Å². The second kappa shape index (κ2) is 11.9. The molecule has 35 heavy (non-hydrogen) atoms. The first-order chi connectivity index (χ1) is 17.4. The Balaban J connectivity index is 1.55. The highest BCUT2D eigenvalue weighted by atomic mass is 31.1. The van der Waals surface area contributed by atoms with E-state index in [2.05, 4.69) is 151 Å². The van der Waals surface area contributed by atoms with E-state index < -0.39 is 8.15 Å². The van der Waals surface area contributed by atoms with Gasteiger partial charge in [-0.25, -0.2) is 0 Å². The molecule has 0 radical (unpaired) electrons. The Labute approximate surface area is 209 Å². The SMILES string of the molecule is C1=CC(CN[C@@H](c2ccccc2)[C@H](OP(c2ccccc2)c2ccccc2)c2ccccc2)C=C1. The molecule has 0 aromatic heterocycles. The smallest absolute Gasteiger partial charge is 0.107 e. The zero-order valence-corrected chi connectivity index (χ0v) is 20.5. The molecule has 0 aliphatic heterocycles. The van der Waals surface area contributed by atoms with Gasteiger partial charge in [0.15, 0.2) is 0 Å². The van der Waals surface area contributed by atoms with Gasteiger partial charge < -0.3 is 9.84 Å². The molecule has 2 atom stereocenters. The van der Waals surface area contributed by atoms with E-state index in [1.165, 1.54) is 21.7 Å². The molecule has 0 spiro atoms. The Morgan fingerprint density at radius 2 is 1.06 bits per heavy atom. The van der Waals surface area contributed by atoms with Crippen LogP contribution in [0, 0.1) is 5.92 Å². The van der Waals surface area contributed by atoms with Crippen molar-refractivity contribution in [2.75, 3.05) is 6.54 Å². The van der Waals surface area contributed by atoms with Gasteiger partial charge in [0.2, 0.25) is 0 Å². The lowest BCUT2D eigenvalue weighted by Crippen LogP contribution is -2.32. The van der Waals surface area contributed by atoms with Crippen LogP contribution in [-0.2, 0) is 4.52 Å². The van der Waals surface area contributed by atoms with Crippen molar-refractivity contribution in [1.29, 1.82) is 0 Å². The molecule has 174 valence electrons. The first-order valence-electron chi connectivity index (χ1n) is 12.1. The fraction of sp³-hybridized carbons (Fsp3) is 0.125. The summed E-state index contributed by atoms with van der Waals surface area (Å²) < 4.78 is 7.21. The maximum absolute atomic E-state index is 7.21. The molecule has 3 heteroatoms. The second-order valence-electron chi connectivity index (χ2n) is 8.63. The van der Waals surface area contributed by atoms with E-state index in [0.29, 0.717) is 5.92 Å². The van der Waals surface area contributed by atoms with Gasteiger partial charge in [-0.15, -0.1) is 0 Å². The first-order valence-corrected chi connectivity index (χ1v) is 13.4. The minimum absolute atomic E-state index is 0.00146. The van der Waals surface area contributed by atoms with Crippen molar-refractivity contribution < 1.29 is 4.52 Å². The molecule has 1 aliphatic rings. The number of hydrogen-bond acceptors (Lipinski definition) is 2. The van der Waals surface area contributed by atoms with Crippen molar-refractivity contribution in [2.45, 2.75) is 12.1 Å². The first kappa shape index (κ1) is 23.5. The Morgan fingerprint density at radius 3 is 1.57 bits per heavy atom. The summed E-state index contributed by atoms with van der Waals surface area (Å²) in [5.74, 6) is 0.391. The molecular formula is C32H30NOP. The number of benzene rings is 4. The van der Waals surface area contributed by atoms with Crippen LogP contribution in [0.2, 0.25) is 0 Å². The summed E-state index contributed by atoms with van der Waals surface area (Å²) >= 11 is 0. The number of hydrogen-bond donors (Lipinski definition) is 1. The van der Waals surface area contributed by atoms with Gasteiger partial charge in [0, 0.05) is 23.1 Å². The van der Waals surface area contributed by atoms with E-state index in [9.17, 15) is 0 Å². The van der Waals surface area contributed by atoms with Crippen LogP contribution < -0.4 is 15.9 Å². The average molecular weight is 476 g/mol. The highest BCUT2D eigenvalue weighted by Gasteiger charge is 2.30. The minimum atomic E-state index is -1.03. The van der Waals surface area contributed by atoms with Gasteiger partial charge in [0.1, 0.15) is 6.10 Å². The molecule has 4 aromatic rings. The van der Waals surface area contributed by atoms with Gasteiger partial charge in [0.05, 0.1) is 14.2 Å². The molecule has 1 aliphatic carbocycles. The quantitative estimate of drug-likeness (QED) is 0.253. The largest absolute Gasteiger partial charge is 0.340 e. The van der Waals surface area contributed by atoms with Gasteiger partial charge in [-0.1, -0.05) is 146 Å². The van der Waals surface area contributed by atoms with Gasteiger partial charge in [-0.05, 0) is 11.1 Å². The van der Waals surface area contributed by atoms with Crippen LogP contribution in [-0.4, -0.2) is 6.54 Å². The van der Waals surface area contributed by atoms with Gasteiger partial charge in [-0.2, -0.15) is 0 Å². The van der Waals surface area contributed by atoms with Crippen LogP contribution in [0.3, 0.4) is 0 Å². The van der Waals surface area contributed by atoms with Gasteiger partial charge in [0.25, 0.3) is 0 Å². The predicted octanol–water partition coefficient (Wildman–Crippen LogP) is 6.87. The van der Waals surface area contributed by atoms with Gasteiger partial charge >= 0.3 is 0 Å². The van der Waals surface area contributed by atoms with Crippen molar-refractivity contribution in [2.24, 2.45) is 5.92 Å². The van der Waals surface area contributed by atoms with Crippen LogP contribution in [0.4, 0.5) is 0 Å². The summed E-state index contributed by atoms with van der Waals surface area (Å²) in [5, 5.41) is 6.29. The summed E-state index contributed by atoms with van der Waals surface area (Å²) in [4.78, 5) is 0. The molecule has 0 saturated carbocycles. The standard InChI is InChI=1S/C32H30NOP/c1-5-17-27(18-6-1)31(33-25-26-15-13-14-16-26)32(28-19-7-2-8-20-28)34-35(29-21-9-3-10-22-29)30-23-11-4-12-24-30/h1-24,26,31-33H,25H2/t31-,32+/m0/s1. The predicted molar refractivity (Wildman–Crippen MR) is 148 cm³/mol. The average Bonchev–Trinajstić information content (AvgIpc) is 3.46. The van der Waals surface area contributed by atoms with Crippen molar-refractivity contribution in [1.82, 2.24) is 5.32 Å². The molecule has 0 bridgehead atoms. The Hall–Kier alpha value is -3.29.